The molecule has 156 valence electrons. The number of aliphatic imine (C=N–C) groups is 1. The van der Waals surface area contributed by atoms with Crippen LogP contribution in [0.1, 0.15) is 36.7 Å². The summed E-state index contributed by atoms with van der Waals surface area (Å²) in [5.41, 5.74) is 0. The molecule has 0 aromatic carbocycles. The first-order valence-corrected chi connectivity index (χ1v) is 9.83. The quantitative estimate of drug-likeness (QED) is 0.376. The lowest BCUT2D eigenvalue weighted by Crippen LogP contribution is -2.53. The number of amides is 2. The largest absolute Gasteiger partial charge is 0.459 e. The zero-order valence-corrected chi connectivity index (χ0v) is 18.8. The lowest BCUT2D eigenvalue weighted by atomic mass is 10.3. The first-order chi connectivity index (χ1) is 13.2. The van der Waals surface area contributed by atoms with E-state index in [0.717, 1.165) is 38.4 Å². The molecule has 2 amide bonds. The molecule has 1 aromatic heterocycles. The number of hydrogen-bond acceptors (Lipinski definition) is 4. The molecule has 2 aliphatic rings. The van der Waals surface area contributed by atoms with E-state index in [9.17, 15) is 9.59 Å². The van der Waals surface area contributed by atoms with Gasteiger partial charge in [-0.25, -0.2) is 0 Å². The van der Waals surface area contributed by atoms with E-state index in [1.54, 1.807) is 17.0 Å². The SMILES string of the molecule is CCNC(=NCCC(=O)N1CCCC1)N1CCN(C(=O)c2ccco2)CC1.I. The molecule has 28 heavy (non-hydrogen) atoms. The molecule has 0 radical (unpaired) electrons. The van der Waals surface area contributed by atoms with Gasteiger partial charge in [0, 0.05) is 52.2 Å². The highest BCUT2D eigenvalue weighted by Gasteiger charge is 2.25. The van der Waals surface area contributed by atoms with Gasteiger partial charge in [-0.1, -0.05) is 0 Å². The summed E-state index contributed by atoms with van der Waals surface area (Å²) in [7, 11) is 0. The summed E-state index contributed by atoms with van der Waals surface area (Å²) in [4.78, 5) is 35.0. The van der Waals surface area contributed by atoms with Crippen molar-refractivity contribution in [1.82, 2.24) is 20.0 Å². The average molecular weight is 503 g/mol. The van der Waals surface area contributed by atoms with Crippen LogP contribution in [-0.2, 0) is 4.79 Å². The topological polar surface area (TPSA) is 81.4 Å². The fourth-order valence-corrected chi connectivity index (χ4v) is 3.49. The molecule has 3 rings (SSSR count). The van der Waals surface area contributed by atoms with Crippen molar-refractivity contribution in [2.45, 2.75) is 26.2 Å². The highest BCUT2D eigenvalue weighted by atomic mass is 127. The maximum Gasteiger partial charge on any atom is 0.289 e. The molecule has 0 atom stereocenters. The Morgan fingerprint density at radius 2 is 1.75 bits per heavy atom. The van der Waals surface area contributed by atoms with Gasteiger partial charge in [0.05, 0.1) is 12.8 Å². The summed E-state index contributed by atoms with van der Waals surface area (Å²) in [5, 5.41) is 3.30. The molecule has 0 saturated carbocycles. The molecule has 2 saturated heterocycles. The van der Waals surface area contributed by atoms with E-state index in [1.807, 2.05) is 11.8 Å². The lowest BCUT2D eigenvalue weighted by Gasteiger charge is -2.36. The number of likely N-dealkylation sites (tertiary alicyclic amines) is 1. The number of rotatable bonds is 5. The first kappa shape index (κ1) is 22.5. The maximum atomic E-state index is 12.4. The highest BCUT2D eigenvalue weighted by Crippen LogP contribution is 2.11. The van der Waals surface area contributed by atoms with Gasteiger partial charge < -0.3 is 24.4 Å². The van der Waals surface area contributed by atoms with Crippen LogP contribution in [0.4, 0.5) is 0 Å². The minimum absolute atomic E-state index is 0. The molecule has 1 aromatic rings. The molecule has 3 heterocycles. The summed E-state index contributed by atoms with van der Waals surface area (Å²) < 4.78 is 5.20. The smallest absolute Gasteiger partial charge is 0.289 e. The van der Waals surface area contributed by atoms with E-state index >= 15 is 0 Å². The van der Waals surface area contributed by atoms with Crippen LogP contribution in [-0.4, -0.2) is 84.8 Å². The number of piperazine rings is 1. The fraction of sp³-hybridized carbons (Fsp3) is 0.632. The zero-order valence-electron chi connectivity index (χ0n) is 16.4. The summed E-state index contributed by atoms with van der Waals surface area (Å²) in [5.74, 6) is 1.32. The normalized spacial score (nSPS) is 17.5. The third-order valence-corrected chi connectivity index (χ3v) is 4.98. The van der Waals surface area contributed by atoms with Gasteiger partial charge in [-0.05, 0) is 31.9 Å². The van der Waals surface area contributed by atoms with E-state index in [-0.39, 0.29) is 35.8 Å². The second-order valence-corrected chi connectivity index (χ2v) is 6.83. The molecule has 2 fully saturated rings. The molecular weight excluding hydrogens is 473 g/mol. The van der Waals surface area contributed by atoms with Crippen molar-refractivity contribution in [1.29, 1.82) is 0 Å². The Morgan fingerprint density at radius 3 is 2.36 bits per heavy atom. The summed E-state index contributed by atoms with van der Waals surface area (Å²) >= 11 is 0. The second kappa shape index (κ2) is 11.3. The maximum absolute atomic E-state index is 12.4. The molecule has 1 N–H and O–H groups in total. The number of carbonyl (C=O) groups excluding carboxylic acids is 2. The Balaban J connectivity index is 0.00000280. The van der Waals surface area contributed by atoms with E-state index in [2.05, 4.69) is 15.2 Å². The van der Waals surface area contributed by atoms with Crippen LogP contribution in [0.15, 0.2) is 27.8 Å². The number of furan rings is 1. The van der Waals surface area contributed by atoms with Crippen LogP contribution in [0.5, 0.6) is 0 Å². The van der Waals surface area contributed by atoms with Crippen LogP contribution in [0.25, 0.3) is 0 Å². The van der Waals surface area contributed by atoms with Gasteiger partial charge in [0.2, 0.25) is 5.91 Å². The minimum Gasteiger partial charge on any atom is -0.459 e. The number of hydrogen-bond donors (Lipinski definition) is 1. The third-order valence-electron chi connectivity index (χ3n) is 4.98. The fourth-order valence-electron chi connectivity index (χ4n) is 3.49. The van der Waals surface area contributed by atoms with Crippen molar-refractivity contribution >= 4 is 41.8 Å². The van der Waals surface area contributed by atoms with Crippen LogP contribution >= 0.6 is 24.0 Å². The molecule has 8 nitrogen and oxygen atoms in total. The van der Waals surface area contributed by atoms with Crippen molar-refractivity contribution in [3.63, 3.8) is 0 Å². The third kappa shape index (κ3) is 5.86. The first-order valence-electron chi connectivity index (χ1n) is 9.83. The molecule has 0 bridgehead atoms. The molecule has 0 aliphatic carbocycles. The van der Waals surface area contributed by atoms with Crippen molar-refractivity contribution < 1.29 is 14.0 Å². The van der Waals surface area contributed by atoms with E-state index in [0.29, 0.717) is 44.9 Å². The van der Waals surface area contributed by atoms with Gasteiger partial charge in [0.25, 0.3) is 5.91 Å². The molecule has 2 aliphatic heterocycles. The van der Waals surface area contributed by atoms with Crippen molar-refractivity contribution in [3.8, 4) is 0 Å². The van der Waals surface area contributed by atoms with Crippen molar-refractivity contribution in [2.75, 3.05) is 52.4 Å². The number of halogens is 1. The van der Waals surface area contributed by atoms with Crippen LogP contribution in [0, 0.1) is 0 Å². The van der Waals surface area contributed by atoms with Gasteiger partial charge >= 0.3 is 0 Å². The standard InChI is InChI=1S/C19H29N5O3.HI/c1-2-20-19(21-8-7-17(25)22-9-3-4-10-22)24-13-11-23(12-14-24)18(26)16-6-5-15-27-16;/h5-6,15H,2-4,7-14H2,1H3,(H,20,21);1H. The highest BCUT2D eigenvalue weighted by molar-refractivity contribution is 14.0. The lowest BCUT2D eigenvalue weighted by molar-refractivity contribution is -0.129. The zero-order chi connectivity index (χ0) is 19.1. The molecular formula is C19H30IN5O3. The van der Waals surface area contributed by atoms with Gasteiger partial charge in [-0.3, -0.25) is 14.6 Å². The van der Waals surface area contributed by atoms with E-state index in [4.69, 9.17) is 4.42 Å². The summed E-state index contributed by atoms with van der Waals surface area (Å²) in [6.07, 6.45) is 4.19. The van der Waals surface area contributed by atoms with Gasteiger partial charge in [-0.15, -0.1) is 24.0 Å². The Labute approximate surface area is 183 Å². The number of guanidine groups is 1. The molecule has 0 unspecified atom stereocenters. The Kier molecular flexibility index (Phi) is 9.07. The Morgan fingerprint density at radius 1 is 1.07 bits per heavy atom. The molecule has 0 spiro atoms. The van der Waals surface area contributed by atoms with Gasteiger partial charge in [0.1, 0.15) is 0 Å². The second-order valence-electron chi connectivity index (χ2n) is 6.83. The van der Waals surface area contributed by atoms with E-state index in [1.165, 1.54) is 6.26 Å². The summed E-state index contributed by atoms with van der Waals surface area (Å²) in [6, 6.07) is 3.42. The number of carbonyl (C=O) groups is 2. The summed E-state index contributed by atoms with van der Waals surface area (Å²) in [6.45, 7) is 7.71. The van der Waals surface area contributed by atoms with Crippen LogP contribution < -0.4 is 5.32 Å². The monoisotopic (exact) mass is 503 g/mol. The van der Waals surface area contributed by atoms with Crippen LogP contribution in [0.3, 0.4) is 0 Å². The minimum atomic E-state index is -0.0715. The number of nitrogens with zero attached hydrogens (tertiary/aromatic N) is 4. The number of nitrogens with one attached hydrogen (secondary N) is 1. The Bertz CT molecular complexity index is 651. The predicted octanol–water partition coefficient (Wildman–Crippen LogP) is 1.63. The van der Waals surface area contributed by atoms with Crippen molar-refractivity contribution in [3.05, 3.63) is 24.2 Å². The van der Waals surface area contributed by atoms with Crippen LogP contribution in [0.2, 0.25) is 0 Å². The van der Waals surface area contributed by atoms with E-state index < -0.39 is 0 Å². The van der Waals surface area contributed by atoms with Crippen molar-refractivity contribution in [2.24, 2.45) is 4.99 Å². The predicted molar refractivity (Wildman–Crippen MR) is 118 cm³/mol. The average Bonchev–Trinajstić information content (AvgIpc) is 3.40. The molecule has 9 heteroatoms. The van der Waals surface area contributed by atoms with Gasteiger partial charge in [-0.2, -0.15) is 0 Å². The Hall–Kier alpha value is -1.78. The van der Waals surface area contributed by atoms with Gasteiger partial charge in [0.15, 0.2) is 11.7 Å².